The van der Waals surface area contributed by atoms with Crippen molar-refractivity contribution in [3.63, 3.8) is 0 Å². The fourth-order valence-corrected chi connectivity index (χ4v) is 9.17. The molecule has 0 amide bonds. The van der Waals surface area contributed by atoms with Gasteiger partial charge in [-0.25, -0.2) is 0 Å². The first-order chi connectivity index (χ1) is 29.2. The van der Waals surface area contributed by atoms with Gasteiger partial charge in [-0.3, -0.25) is 0 Å². The van der Waals surface area contributed by atoms with Crippen molar-refractivity contribution in [3.05, 3.63) is 218 Å². The van der Waals surface area contributed by atoms with Crippen molar-refractivity contribution in [3.8, 4) is 27.9 Å². The molecule has 12 aromatic rings. The molecule has 0 saturated carbocycles. The monoisotopic (exact) mass is 752 g/mol. The highest BCUT2D eigenvalue weighted by molar-refractivity contribution is 6.15. The second-order valence-electron chi connectivity index (χ2n) is 15.3. The molecule has 3 heteroatoms. The van der Waals surface area contributed by atoms with Gasteiger partial charge in [-0.1, -0.05) is 140 Å². The Morgan fingerprint density at radius 1 is 0.322 bits per heavy atom. The Kier molecular flexibility index (Phi) is 7.54. The summed E-state index contributed by atoms with van der Waals surface area (Å²) in [6.45, 7) is 0. The average molecular weight is 753 g/mol. The molecule has 0 radical (unpaired) electrons. The molecule has 12 rings (SSSR count). The van der Waals surface area contributed by atoms with Crippen LogP contribution in [-0.4, -0.2) is 4.57 Å². The first-order valence-electron chi connectivity index (χ1n) is 20.2. The minimum atomic E-state index is 0.901. The molecule has 0 N–H and O–H groups in total. The van der Waals surface area contributed by atoms with Crippen molar-refractivity contribution >= 4 is 82.4 Å². The smallest absolute Gasteiger partial charge is 0.136 e. The summed E-state index contributed by atoms with van der Waals surface area (Å²) >= 11 is 0. The molecular formula is C56H36N2O. The van der Waals surface area contributed by atoms with E-state index in [-0.39, 0.29) is 0 Å². The molecule has 0 aliphatic carbocycles. The van der Waals surface area contributed by atoms with Crippen LogP contribution in [0.15, 0.2) is 223 Å². The number of aromatic nitrogens is 1. The topological polar surface area (TPSA) is 21.3 Å². The van der Waals surface area contributed by atoms with Crippen LogP contribution in [0.3, 0.4) is 0 Å². The predicted octanol–water partition coefficient (Wildman–Crippen LogP) is 15.8. The van der Waals surface area contributed by atoms with Crippen LogP contribution in [0.5, 0.6) is 0 Å². The molecule has 0 fully saturated rings. The van der Waals surface area contributed by atoms with Gasteiger partial charge in [-0.15, -0.1) is 0 Å². The van der Waals surface area contributed by atoms with Crippen LogP contribution in [0.4, 0.5) is 17.1 Å². The molecule has 0 aliphatic heterocycles. The van der Waals surface area contributed by atoms with Crippen LogP contribution in [0.1, 0.15) is 0 Å². The number of hydrogen-bond donors (Lipinski definition) is 0. The SMILES string of the molecule is c1ccc(-n2c3ccccc3c3cc(-c4ccc(N(c5ccc(-c6ccc7c(c6)oc6ccccc67)cc5)c5cc6ccccc6c6ccccc56)cc4)ccc32)cc1. The molecule has 59 heavy (non-hydrogen) atoms. The third-order valence-electron chi connectivity index (χ3n) is 12.0. The zero-order chi connectivity index (χ0) is 38.9. The van der Waals surface area contributed by atoms with E-state index in [1.807, 2.05) is 12.1 Å². The Bertz CT molecular complexity index is 3540. The lowest BCUT2D eigenvalue weighted by Crippen LogP contribution is -2.10. The molecule has 0 saturated heterocycles. The summed E-state index contributed by atoms with van der Waals surface area (Å²) in [6.07, 6.45) is 0. The minimum absolute atomic E-state index is 0.901. The summed E-state index contributed by atoms with van der Waals surface area (Å²) in [7, 11) is 0. The lowest BCUT2D eigenvalue weighted by molar-refractivity contribution is 0.669. The zero-order valence-corrected chi connectivity index (χ0v) is 32.1. The highest BCUT2D eigenvalue weighted by Crippen LogP contribution is 2.44. The van der Waals surface area contributed by atoms with Gasteiger partial charge in [0.2, 0.25) is 0 Å². The van der Waals surface area contributed by atoms with E-state index < -0.39 is 0 Å². The Morgan fingerprint density at radius 2 is 0.864 bits per heavy atom. The highest BCUT2D eigenvalue weighted by Gasteiger charge is 2.19. The van der Waals surface area contributed by atoms with Crippen LogP contribution in [-0.2, 0) is 0 Å². The zero-order valence-electron chi connectivity index (χ0n) is 32.1. The second kappa shape index (κ2) is 13.4. The maximum atomic E-state index is 6.26. The number of nitrogens with zero attached hydrogens (tertiary/aromatic N) is 2. The molecule has 0 bridgehead atoms. The molecule has 0 aliphatic rings. The summed E-state index contributed by atoms with van der Waals surface area (Å²) in [6, 6.07) is 78.8. The third kappa shape index (κ3) is 5.44. The number of rotatable bonds is 6. The standard InChI is InChI=1S/C56H36N2O/c1-2-13-42(14-3-1)58-52-20-10-8-18-48(52)51-34-39(27-33-53(51)58)37-22-28-43(29-23-37)57(54-35-41-12-4-5-15-45(41)46-16-6-7-17-47(46)54)44-30-24-38(25-31-44)40-26-32-50-49-19-9-11-21-55(49)59-56(50)36-40/h1-36H. The van der Waals surface area contributed by atoms with E-state index in [9.17, 15) is 0 Å². The molecule has 10 aromatic carbocycles. The van der Waals surface area contributed by atoms with Gasteiger partial charge >= 0.3 is 0 Å². The summed E-state index contributed by atoms with van der Waals surface area (Å²) in [5.74, 6) is 0. The van der Waals surface area contributed by atoms with Crippen molar-refractivity contribution in [2.45, 2.75) is 0 Å². The summed E-state index contributed by atoms with van der Waals surface area (Å²) in [5.41, 5.74) is 13.3. The average Bonchev–Trinajstić information content (AvgIpc) is 3.85. The van der Waals surface area contributed by atoms with Gasteiger partial charge in [0, 0.05) is 44.0 Å². The maximum Gasteiger partial charge on any atom is 0.136 e. The van der Waals surface area contributed by atoms with E-state index in [0.29, 0.717) is 0 Å². The molecule has 2 aromatic heterocycles. The molecule has 0 spiro atoms. The molecule has 0 atom stereocenters. The molecular weight excluding hydrogens is 717 g/mol. The molecule has 276 valence electrons. The minimum Gasteiger partial charge on any atom is -0.456 e. The van der Waals surface area contributed by atoms with E-state index in [1.54, 1.807) is 0 Å². The van der Waals surface area contributed by atoms with Crippen molar-refractivity contribution in [2.75, 3.05) is 4.90 Å². The van der Waals surface area contributed by atoms with Gasteiger partial charge in [-0.2, -0.15) is 0 Å². The number of hydrogen-bond acceptors (Lipinski definition) is 2. The second-order valence-corrected chi connectivity index (χ2v) is 15.3. The first-order valence-corrected chi connectivity index (χ1v) is 20.2. The Balaban J connectivity index is 0.976. The summed E-state index contributed by atoms with van der Waals surface area (Å²) < 4.78 is 8.63. The van der Waals surface area contributed by atoms with E-state index in [1.165, 1.54) is 54.5 Å². The number of furan rings is 1. The van der Waals surface area contributed by atoms with Crippen LogP contribution >= 0.6 is 0 Å². The van der Waals surface area contributed by atoms with E-state index >= 15 is 0 Å². The summed E-state index contributed by atoms with van der Waals surface area (Å²) in [5, 5.41) is 9.68. The van der Waals surface area contributed by atoms with Gasteiger partial charge in [0.15, 0.2) is 0 Å². The fourth-order valence-electron chi connectivity index (χ4n) is 9.17. The fraction of sp³-hybridized carbons (Fsp3) is 0. The van der Waals surface area contributed by atoms with Gasteiger partial charge in [0.1, 0.15) is 11.2 Å². The van der Waals surface area contributed by atoms with Crippen molar-refractivity contribution in [1.29, 1.82) is 0 Å². The number of fused-ring (bicyclic) bond motifs is 9. The van der Waals surface area contributed by atoms with Gasteiger partial charge in [0.25, 0.3) is 0 Å². The Labute approximate surface area is 341 Å². The quantitative estimate of drug-likeness (QED) is 0.158. The van der Waals surface area contributed by atoms with Crippen LogP contribution < -0.4 is 4.90 Å². The largest absolute Gasteiger partial charge is 0.456 e. The van der Waals surface area contributed by atoms with Crippen LogP contribution in [0.25, 0.3) is 93.2 Å². The number of para-hydroxylation sites is 3. The van der Waals surface area contributed by atoms with E-state index in [2.05, 4.69) is 216 Å². The number of benzene rings is 10. The van der Waals surface area contributed by atoms with Crippen molar-refractivity contribution < 1.29 is 4.42 Å². The highest BCUT2D eigenvalue weighted by atomic mass is 16.3. The maximum absolute atomic E-state index is 6.26. The summed E-state index contributed by atoms with van der Waals surface area (Å²) in [4.78, 5) is 2.40. The number of anilines is 3. The normalized spacial score (nSPS) is 11.7. The van der Waals surface area contributed by atoms with Gasteiger partial charge in [0.05, 0.1) is 16.7 Å². The molecule has 3 nitrogen and oxygen atoms in total. The van der Waals surface area contributed by atoms with Crippen LogP contribution in [0, 0.1) is 0 Å². The van der Waals surface area contributed by atoms with Crippen molar-refractivity contribution in [1.82, 2.24) is 4.57 Å². The lowest BCUT2D eigenvalue weighted by atomic mass is 9.98. The van der Waals surface area contributed by atoms with E-state index in [4.69, 9.17) is 4.42 Å². The van der Waals surface area contributed by atoms with Gasteiger partial charge < -0.3 is 13.9 Å². The van der Waals surface area contributed by atoms with Gasteiger partial charge in [-0.05, 0) is 117 Å². The lowest BCUT2D eigenvalue weighted by Gasteiger charge is -2.28. The van der Waals surface area contributed by atoms with Crippen LogP contribution in [0.2, 0.25) is 0 Å². The first kappa shape index (κ1) is 33.3. The van der Waals surface area contributed by atoms with E-state index in [0.717, 1.165) is 55.8 Å². The van der Waals surface area contributed by atoms with Crippen molar-refractivity contribution in [2.24, 2.45) is 0 Å². The Hall–Kier alpha value is -7.88. The Morgan fingerprint density at radius 3 is 1.63 bits per heavy atom. The molecule has 2 heterocycles. The molecule has 0 unspecified atom stereocenters. The third-order valence-corrected chi connectivity index (χ3v) is 12.0. The predicted molar refractivity (Wildman–Crippen MR) is 249 cm³/mol.